The number of ether oxygens (including phenoxy) is 1. The van der Waals surface area contributed by atoms with Crippen molar-refractivity contribution in [2.45, 2.75) is 38.3 Å². The zero-order valence-electron chi connectivity index (χ0n) is 21.2. The summed E-state index contributed by atoms with van der Waals surface area (Å²) in [6.45, 7) is 2.56. The van der Waals surface area contributed by atoms with Gasteiger partial charge in [-0.2, -0.15) is 4.98 Å². The number of methoxy groups -OCH3 is 1. The number of aromatic nitrogens is 3. The van der Waals surface area contributed by atoms with Crippen LogP contribution in [-0.4, -0.2) is 73.5 Å². The van der Waals surface area contributed by atoms with E-state index in [4.69, 9.17) is 9.26 Å². The van der Waals surface area contributed by atoms with Crippen molar-refractivity contribution >= 4 is 29.0 Å². The van der Waals surface area contributed by atoms with Gasteiger partial charge in [-0.05, 0) is 50.9 Å². The first-order valence-corrected chi connectivity index (χ1v) is 12.5. The standard InChI is InChI=1S/C25H29N7O7/c1-38-21-15(24-29-20(31-39-24)13-32-9-2-3-10-32)5-4-6-17(21)27-18-11-19(28-22(33)14-7-8-14)26-12-16(18)23(34)30-25(35,36)37/h4-6,11-12,14,35-37H,2-3,7-10,13H2,1H3,(H,30,34)(H2,26,27,28,33). The molecular weight excluding hydrogens is 510 g/mol. The first-order chi connectivity index (χ1) is 18.7. The highest BCUT2D eigenvalue weighted by Gasteiger charge is 2.30. The second kappa shape index (κ2) is 10.9. The predicted octanol–water partition coefficient (Wildman–Crippen LogP) is 1.15. The minimum Gasteiger partial charge on any atom is -0.494 e. The van der Waals surface area contributed by atoms with Gasteiger partial charge in [-0.3, -0.25) is 19.8 Å². The highest BCUT2D eigenvalue weighted by molar-refractivity contribution is 6.02. The molecule has 1 aromatic carbocycles. The number of carbonyl (C=O) groups is 2. The third kappa shape index (κ3) is 6.49. The number of rotatable bonds is 10. The van der Waals surface area contributed by atoms with Gasteiger partial charge in [0.15, 0.2) is 11.6 Å². The lowest BCUT2D eigenvalue weighted by Gasteiger charge is -2.19. The third-order valence-electron chi connectivity index (χ3n) is 6.38. The van der Waals surface area contributed by atoms with Crippen LogP contribution in [0, 0.1) is 5.92 Å². The SMILES string of the molecule is COc1c(Nc2cc(NC(=O)C3CC3)ncc2C(=O)NC(O)(O)O)cccc1-c1nc(CN2CCCC2)no1. The highest BCUT2D eigenvalue weighted by atomic mass is 16.7. The minimum atomic E-state index is -3.45. The predicted molar refractivity (Wildman–Crippen MR) is 137 cm³/mol. The van der Waals surface area contributed by atoms with Gasteiger partial charge in [0.25, 0.3) is 11.8 Å². The van der Waals surface area contributed by atoms with Crippen LogP contribution in [0.3, 0.4) is 0 Å². The highest BCUT2D eigenvalue weighted by Crippen LogP contribution is 2.38. The van der Waals surface area contributed by atoms with Gasteiger partial charge >= 0.3 is 6.10 Å². The van der Waals surface area contributed by atoms with Crippen molar-refractivity contribution in [3.63, 3.8) is 0 Å². The Morgan fingerprint density at radius 1 is 1.18 bits per heavy atom. The van der Waals surface area contributed by atoms with Crippen LogP contribution in [0.15, 0.2) is 35.0 Å². The molecule has 0 bridgehead atoms. The molecule has 1 aliphatic heterocycles. The molecule has 14 heteroatoms. The zero-order chi connectivity index (χ0) is 27.6. The van der Waals surface area contributed by atoms with Crippen molar-refractivity contribution in [3.8, 4) is 17.2 Å². The number of amides is 2. The molecular formula is C25H29N7O7. The number of carbonyl (C=O) groups excluding carboxylic acids is 2. The summed E-state index contributed by atoms with van der Waals surface area (Å²) in [5.74, 6) is 0.000620. The molecule has 2 amide bonds. The van der Waals surface area contributed by atoms with Crippen LogP contribution in [0.25, 0.3) is 11.5 Å². The Bertz CT molecular complexity index is 1360. The largest absolute Gasteiger partial charge is 0.494 e. The van der Waals surface area contributed by atoms with E-state index in [0.717, 1.165) is 45.0 Å². The summed E-state index contributed by atoms with van der Waals surface area (Å²) in [5.41, 5.74) is 0.884. The average Bonchev–Trinajstić information content (AvgIpc) is 3.43. The van der Waals surface area contributed by atoms with E-state index in [2.05, 4.69) is 30.7 Å². The molecule has 39 heavy (non-hydrogen) atoms. The van der Waals surface area contributed by atoms with Crippen molar-refractivity contribution in [3.05, 3.63) is 41.9 Å². The summed E-state index contributed by atoms with van der Waals surface area (Å²) >= 11 is 0. The lowest BCUT2D eigenvalue weighted by atomic mass is 10.1. The van der Waals surface area contributed by atoms with E-state index in [1.54, 1.807) is 23.5 Å². The lowest BCUT2D eigenvalue weighted by Crippen LogP contribution is -2.48. The first-order valence-electron chi connectivity index (χ1n) is 12.5. The second-order valence-electron chi connectivity index (χ2n) is 9.48. The Hall–Kier alpha value is -4.11. The number of hydrogen-bond acceptors (Lipinski definition) is 12. The molecule has 3 heterocycles. The van der Waals surface area contributed by atoms with Gasteiger partial charge in [0, 0.05) is 18.2 Å². The number of nitrogens with zero attached hydrogens (tertiary/aromatic N) is 4. The molecule has 1 saturated heterocycles. The Labute approximate surface area is 223 Å². The molecule has 2 aliphatic rings. The molecule has 2 aromatic heterocycles. The van der Waals surface area contributed by atoms with Crippen LogP contribution in [0.5, 0.6) is 5.75 Å². The molecule has 14 nitrogen and oxygen atoms in total. The maximum absolute atomic E-state index is 12.7. The number of hydrogen-bond donors (Lipinski definition) is 6. The molecule has 1 aliphatic carbocycles. The van der Waals surface area contributed by atoms with E-state index in [9.17, 15) is 24.9 Å². The molecule has 3 aromatic rings. The van der Waals surface area contributed by atoms with Gasteiger partial charge in [0.1, 0.15) is 5.82 Å². The molecule has 2 fully saturated rings. The fraction of sp³-hybridized carbons (Fsp3) is 0.400. The maximum Gasteiger partial charge on any atom is 0.369 e. The van der Waals surface area contributed by atoms with E-state index in [1.807, 2.05) is 0 Å². The normalized spacial score (nSPS) is 15.7. The number of aliphatic hydroxyl groups is 3. The molecule has 6 N–H and O–H groups in total. The van der Waals surface area contributed by atoms with E-state index in [1.165, 1.54) is 13.2 Å². The van der Waals surface area contributed by atoms with Crippen molar-refractivity contribution in [2.75, 3.05) is 30.8 Å². The Morgan fingerprint density at radius 3 is 2.64 bits per heavy atom. The number of nitrogens with one attached hydrogen (secondary N) is 3. The van der Waals surface area contributed by atoms with E-state index in [0.29, 0.717) is 29.4 Å². The van der Waals surface area contributed by atoms with Crippen molar-refractivity contribution in [1.29, 1.82) is 0 Å². The minimum absolute atomic E-state index is 0.0773. The lowest BCUT2D eigenvalue weighted by molar-refractivity contribution is -0.323. The third-order valence-corrected chi connectivity index (χ3v) is 6.38. The first kappa shape index (κ1) is 26.5. The molecule has 0 radical (unpaired) electrons. The second-order valence-corrected chi connectivity index (χ2v) is 9.48. The summed E-state index contributed by atoms with van der Waals surface area (Å²) in [6.07, 6.45) is 1.55. The smallest absolute Gasteiger partial charge is 0.369 e. The summed E-state index contributed by atoms with van der Waals surface area (Å²) in [7, 11) is 1.46. The van der Waals surface area contributed by atoms with Gasteiger partial charge in [-0.1, -0.05) is 11.2 Å². The Kier molecular flexibility index (Phi) is 7.43. The summed E-state index contributed by atoms with van der Waals surface area (Å²) < 4.78 is 11.2. The Morgan fingerprint density at radius 2 is 1.95 bits per heavy atom. The van der Waals surface area contributed by atoms with Crippen molar-refractivity contribution in [1.82, 2.24) is 25.3 Å². The Balaban J connectivity index is 1.45. The fourth-order valence-corrected chi connectivity index (χ4v) is 4.34. The van der Waals surface area contributed by atoms with Crippen LogP contribution in [0.1, 0.15) is 41.9 Å². The van der Waals surface area contributed by atoms with Crippen LogP contribution in [-0.2, 0) is 11.3 Å². The van der Waals surface area contributed by atoms with Crippen LogP contribution in [0.2, 0.25) is 0 Å². The fourth-order valence-electron chi connectivity index (χ4n) is 4.34. The van der Waals surface area contributed by atoms with Gasteiger partial charge in [0.2, 0.25) is 5.91 Å². The van der Waals surface area contributed by atoms with Gasteiger partial charge < -0.3 is 35.2 Å². The maximum atomic E-state index is 12.7. The number of pyridine rings is 1. The van der Waals surface area contributed by atoms with E-state index >= 15 is 0 Å². The number of benzene rings is 1. The topological polar surface area (TPSA) is 195 Å². The van der Waals surface area contributed by atoms with Crippen LogP contribution in [0.4, 0.5) is 17.2 Å². The monoisotopic (exact) mass is 539 g/mol. The molecule has 206 valence electrons. The number of para-hydroxylation sites is 1. The summed E-state index contributed by atoms with van der Waals surface area (Å²) in [5, 5.41) is 39.2. The zero-order valence-corrected chi connectivity index (χ0v) is 21.2. The quantitative estimate of drug-likeness (QED) is 0.201. The number of likely N-dealkylation sites (tertiary alicyclic amines) is 1. The van der Waals surface area contributed by atoms with Crippen molar-refractivity contribution in [2.24, 2.45) is 5.92 Å². The molecule has 5 rings (SSSR count). The summed E-state index contributed by atoms with van der Waals surface area (Å²) in [6, 6.07) is 6.57. The molecule has 0 unspecified atom stereocenters. The molecule has 1 saturated carbocycles. The van der Waals surface area contributed by atoms with Gasteiger partial charge in [0.05, 0.1) is 36.2 Å². The van der Waals surface area contributed by atoms with Crippen LogP contribution >= 0.6 is 0 Å². The summed E-state index contributed by atoms with van der Waals surface area (Å²) in [4.78, 5) is 35.8. The molecule has 0 spiro atoms. The molecule has 0 atom stereocenters. The van der Waals surface area contributed by atoms with E-state index < -0.39 is 12.0 Å². The van der Waals surface area contributed by atoms with Crippen LogP contribution < -0.4 is 20.7 Å². The number of anilines is 3. The van der Waals surface area contributed by atoms with Gasteiger partial charge in [-0.25, -0.2) is 4.98 Å². The van der Waals surface area contributed by atoms with Crippen molar-refractivity contribution < 1.29 is 34.2 Å². The van der Waals surface area contributed by atoms with Gasteiger partial charge in [-0.15, -0.1) is 0 Å². The average molecular weight is 540 g/mol. The van der Waals surface area contributed by atoms with E-state index in [-0.39, 0.29) is 34.8 Å².